The van der Waals surface area contributed by atoms with E-state index in [9.17, 15) is 9.18 Å². The molecule has 0 unspecified atom stereocenters. The monoisotopic (exact) mass is 261 g/mol. The summed E-state index contributed by atoms with van der Waals surface area (Å²) in [5.74, 6) is -0.281. The Balaban J connectivity index is 2.16. The molecule has 1 aromatic carbocycles. The normalized spacial score (nSPS) is 14.4. The van der Waals surface area contributed by atoms with Gasteiger partial charge in [0.05, 0.1) is 7.11 Å². The van der Waals surface area contributed by atoms with Gasteiger partial charge in [0, 0.05) is 11.5 Å². The maximum atomic E-state index is 13.8. The summed E-state index contributed by atoms with van der Waals surface area (Å²) in [5.41, 5.74) is 0.709. The van der Waals surface area contributed by atoms with Crippen molar-refractivity contribution in [2.75, 3.05) is 7.11 Å². The summed E-state index contributed by atoms with van der Waals surface area (Å²) < 4.78 is 23.8. The summed E-state index contributed by atoms with van der Waals surface area (Å²) >= 11 is 0. The second kappa shape index (κ2) is 4.50. The molecule has 3 rings (SSSR count). The first-order valence-corrected chi connectivity index (χ1v) is 6.05. The van der Waals surface area contributed by atoms with Crippen LogP contribution in [0.3, 0.4) is 0 Å². The van der Waals surface area contributed by atoms with Gasteiger partial charge in [-0.2, -0.15) is 0 Å². The summed E-state index contributed by atoms with van der Waals surface area (Å²) in [6.07, 6.45) is 1.91. The lowest BCUT2D eigenvalue weighted by atomic mass is 10.0. The molecule has 1 aromatic heterocycles. The van der Waals surface area contributed by atoms with Gasteiger partial charge in [-0.15, -0.1) is 0 Å². The number of hydrogen-bond donors (Lipinski definition) is 0. The van der Waals surface area contributed by atoms with Gasteiger partial charge in [-0.3, -0.25) is 0 Å². The largest absolute Gasteiger partial charge is 0.465 e. The van der Waals surface area contributed by atoms with Crippen LogP contribution in [-0.2, 0) is 4.74 Å². The van der Waals surface area contributed by atoms with Crippen LogP contribution >= 0.6 is 0 Å². The molecule has 5 heteroatoms. The van der Waals surface area contributed by atoms with Crippen molar-refractivity contribution in [3.63, 3.8) is 0 Å². The molecule has 0 spiro atoms. The smallest absolute Gasteiger partial charge is 0.343 e. The highest BCUT2D eigenvalue weighted by Crippen LogP contribution is 2.44. The molecule has 1 saturated carbocycles. The summed E-state index contributed by atoms with van der Waals surface area (Å²) in [6, 6.07) is 6.15. The number of methoxy groups -OCH3 is 1. The molecule has 1 fully saturated rings. The molecule has 0 atom stereocenters. The molecular formula is C14H12FNO3. The fraction of sp³-hybridized carbons (Fsp3) is 0.286. The van der Waals surface area contributed by atoms with Gasteiger partial charge in [0.1, 0.15) is 17.1 Å². The molecule has 0 amide bonds. The number of hydrogen-bond acceptors (Lipinski definition) is 4. The van der Waals surface area contributed by atoms with Crippen LogP contribution in [0.1, 0.15) is 34.9 Å². The van der Waals surface area contributed by atoms with Gasteiger partial charge in [-0.05, 0) is 25.0 Å². The Morgan fingerprint density at radius 2 is 2.16 bits per heavy atom. The van der Waals surface area contributed by atoms with Crippen LogP contribution in [0.2, 0.25) is 0 Å². The van der Waals surface area contributed by atoms with Crippen molar-refractivity contribution in [1.82, 2.24) is 5.16 Å². The standard InChI is InChI=1S/C14H12FNO3/c1-18-14(17)11-12(9-4-2-3-5-10(9)15)16-19-13(11)8-6-7-8/h2-5,8H,6-7H2,1H3. The average molecular weight is 261 g/mol. The zero-order valence-corrected chi connectivity index (χ0v) is 10.4. The third-order valence-corrected chi connectivity index (χ3v) is 3.19. The van der Waals surface area contributed by atoms with E-state index in [1.807, 2.05) is 0 Å². The van der Waals surface area contributed by atoms with Crippen molar-refractivity contribution >= 4 is 5.97 Å². The van der Waals surface area contributed by atoms with Crippen LogP contribution in [0.25, 0.3) is 11.3 Å². The van der Waals surface area contributed by atoms with E-state index in [-0.39, 0.29) is 22.7 Å². The number of halogens is 1. The first-order chi connectivity index (χ1) is 9.22. The van der Waals surface area contributed by atoms with E-state index in [1.165, 1.54) is 13.2 Å². The number of carbonyl (C=O) groups is 1. The van der Waals surface area contributed by atoms with Crippen LogP contribution < -0.4 is 0 Å². The quantitative estimate of drug-likeness (QED) is 0.796. The lowest BCUT2D eigenvalue weighted by molar-refractivity contribution is 0.0599. The molecule has 0 saturated heterocycles. The molecule has 98 valence electrons. The van der Waals surface area contributed by atoms with E-state index in [4.69, 9.17) is 9.26 Å². The van der Waals surface area contributed by atoms with Gasteiger partial charge in [-0.1, -0.05) is 17.3 Å². The molecule has 0 aliphatic heterocycles. The van der Waals surface area contributed by atoms with Crippen molar-refractivity contribution in [3.8, 4) is 11.3 Å². The number of nitrogens with zero attached hydrogens (tertiary/aromatic N) is 1. The lowest BCUT2D eigenvalue weighted by Crippen LogP contribution is -2.05. The first kappa shape index (κ1) is 11.9. The van der Waals surface area contributed by atoms with Gasteiger partial charge in [0.15, 0.2) is 5.76 Å². The Kier molecular flexibility index (Phi) is 2.81. The zero-order chi connectivity index (χ0) is 13.4. The molecule has 1 aliphatic carbocycles. The van der Waals surface area contributed by atoms with Crippen LogP contribution in [0.15, 0.2) is 28.8 Å². The fourth-order valence-corrected chi connectivity index (χ4v) is 2.06. The third-order valence-electron chi connectivity index (χ3n) is 3.19. The highest BCUT2D eigenvalue weighted by atomic mass is 19.1. The van der Waals surface area contributed by atoms with Crippen molar-refractivity contribution in [2.45, 2.75) is 18.8 Å². The molecule has 0 N–H and O–H groups in total. The van der Waals surface area contributed by atoms with Gasteiger partial charge in [-0.25, -0.2) is 9.18 Å². The third kappa shape index (κ3) is 2.01. The van der Waals surface area contributed by atoms with E-state index in [1.54, 1.807) is 18.2 Å². The second-order valence-electron chi connectivity index (χ2n) is 4.52. The average Bonchev–Trinajstić information content (AvgIpc) is 3.18. The SMILES string of the molecule is COC(=O)c1c(-c2ccccc2F)noc1C1CC1. The maximum absolute atomic E-state index is 13.8. The van der Waals surface area contributed by atoms with Crippen LogP contribution in [0.5, 0.6) is 0 Å². The minimum absolute atomic E-state index is 0.196. The van der Waals surface area contributed by atoms with E-state index in [0.29, 0.717) is 5.76 Å². The number of esters is 1. The second-order valence-corrected chi connectivity index (χ2v) is 4.52. The zero-order valence-electron chi connectivity index (χ0n) is 10.4. The number of ether oxygens (including phenoxy) is 1. The molecule has 19 heavy (non-hydrogen) atoms. The van der Waals surface area contributed by atoms with Crippen molar-refractivity contribution in [1.29, 1.82) is 0 Å². The predicted octanol–water partition coefficient (Wildman–Crippen LogP) is 3.14. The van der Waals surface area contributed by atoms with Crippen molar-refractivity contribution in [3.05, 3.63) is 41.4 Å². The van der Waals surface area contributed by atoms with Gasteiger partial charge < -0.3 is 9.26 Å². The highest BCUT2D eigenvalue weighted by molar-refractivity contribution is 5.97. The number of aromatic nitrogens is 1. The molecule has 1 aliphatic rings. The molecule has 2 aromatic rings. The minimum Gasteiger partial charge on any atom is -0.465 e. The van der Waals surface area contributed by atoms with Gasteiger partial charge in [0.2, 0.25) is 0 Å². The van der Waals surface area contributed by atoms with Crippen LogP contribution in [0, 0.1) is 5.82 Å². The molecular weight excluding hydrogens is 249 g/mol. The topological polar surface area (TPSA) is 52.3 Å². The maximum Gasteiger partial charge on any atom is 0.343 e. The summed E-state index contributed by atoms with van der Waals surface area (Å²) in [7, 11) is 1.29. The molecule has 1 heterocycles. The van der Waals surface area contributed by atoms with E-state index >= 15 is 0 Å². The lowest BCUT2D eigenvalue weighted by Gasteiger charge is -2.02. The minimum atomic E-state index is -0.540. The molecule has 0 radical (unpaired) electrons. The molecule has 0 bridgehead atoms. The van der Waals surface area contributed by atoms with Gasteiger partial charge in [0.25, 0.3) is 0 Å². The number of carbonyl (C=O) groups excluding carboxylic acids is 1. The van der Waals surface area contributed by atoms with Crippen molar-refractivity contribution in [2.24, 2.45) is 0 Å². The van der Waals surface area contributed by atoms with E-state index < -0.39 is 11.8 Å². The summed E-state index contributed by atoms with van der Waals surface area (Å²) in [6.45, 7) is 0. The Bertz CT molecular complexity index is 631. The predicted molar refractivity (Wildman–Crippen MR) is 65.2 cm³/mol. The van der Waals surface area contributed by atoms with E-state index in [2.05, 4.69) is 5.16 Å². The fourth-order valence-electron chi connectivity index (χ4n) is 2.06. The Labute approximate surface area is 109 Å². The number of benzene rings is 1. The van der Waals surface area contributed by atoms with Gasteiger partial charge >= 0.3 is 5.97 Å². The first-order valence-electron chi connectivity index (χ1n) is 6.05. The summed E-state index contributed by atoms with van der Waals surface area (Å²) in [4.78, 5) is 11.9. The Morgan fingerprint density at radius 3 is 2.79 bits per heavy atom. The Hall–Kier alpha value is -2.17. The van der Waals surface area contributed by atoms with E-state index in [0.717, 1.165) is 12.8 Å². The van der Waals surface area contributed by atoms with Crippen LogP contribution in [0.4, 0.5) is 4.39 Å². The van der Waals surface area contributed by atoms with Crippen LogP contribution in [-0.4, -0.2) is 18.2 Å². The highest BCUT2D eigenvalue weighted by Gasteiger charge is 2.36. The summed E-state index contributed by atoms with van der Waals surface area (Å²) in [5, 5.41) is 3.86. The van der Waals surface area contributed by atoms with Crippen molar-refractivity contribution < 1.29 is 18.4 Å². The Morgan fingerprint density at radius 1 is 1.42 bits per heavy atom. The number of rotatable bonds is 3. The molecule has 4 nitrogen and oxygen atoms in total.